The number of ether oxygens (including phenoxy) is 2. The van der Waals surface area contributed by atoms with Crippen LogP contribution in [0.15, 0.2) is 35.3 Å². The summed E-state index contributed by atoms with van der Waals surface area (Å²) in [5.74, 6) is 1.90. The van der Waals surface area contributed by atoms with Crippen molar-refractivity contribution in [2.24, 2.45) is 16.8 Å². The second-order valence-corrected chi connectivity index (χ2v) is 7.57. The molecule has 0 spiro atoms. The molecule has 0 aliphatic carbocycles. The van der Waals surface area contributed by atoms with E-state index in [4.69, 9.17) is 14.5 Å². The van der Waals surface area contributed by atoms with E-state index in [0.29, 0.717) is 11.8 Å². The molecule has 0 saturated carbocycles. The van der Waals surface area contributed by atoms with Gasteiger partial charge in [0.2, 0.25) is 0 Å². The normalized spacial score (nSPS) is 19.9. The number of benzene rings is 1. The van der Waals surface area contributed by atoms with E-state index in [1.54, 1.807) is 0 Å². The lowest BCUT2D eigenvalue weighted by atomic mass is 9.89. The summed E-state index contributed by atoms with van der Waals surface area (Å²) in [4.78, 5) is 4.83. The van der Waals surface area contributed by atoms with Crippen molar-refractivity contribution in [1.82, 2.24) is 10.6 Å². The molecular formula is C22H38IN3O2. The van der Waals surface area contributed by atoms with E-state index in [2.05, 4.69) is 61.7 Å². The maximum Gasteiger partial charge on any atom is 0.191 e. The van der Waals surface area contributed by atoms with E-state index in [0.717, 1.165) is 64.7 Å². The summed E-state index contributed by atoms with van der Waals surface area (Å²) in [6.45, 7) is 11.4. The van der Waals surface area contributed by atoms with Crippen molar-refractivity contribution in [2.45, 2.75) is 46.1 Å². The van der Waals surface area contributed by atoms with Crippen molar-refractivity contribution in [3.05, 3.63) is 35.9 Å². The van der Waals surface area contributed by atoms with Crippen LogP contribution in [0.25, 0.3) is 0 Å². The van der Waals surface area contributed by atoms with Gasteiger partial charge in [-0.25, -0.2) is 0 Å². The first-order valence-electron chi connectivity index (χ1n) is 10.5. The van der Waals surface area contributed by atoms with Crippen LogP contribution in [0.2, 0.25) is 0 Å². The Balaban J connectivity index is 0.00000392. The molecule has 0 amide bonds. The highest BCUT2D eigenvalue weighted by atomic mass is 127. The lowest BCUT2D eigenvalue weighted by Gasteiger charge is -2.31. The van der Waals surface area contributed by atoms with Gasteiger partial charge in [0.05, 0.1) is 6.10 Å². The Bertz CT molecular complexity index is 540. The van der Waals surface area contributed by atoms with Crippen molar-refractivity contribution in [1.29, 1.82) is 0 Å². The standard InChI is InChI=1S/C22H37N3O2.HI/c1-4-23-22(24-13-9-14-26-17-18(2)3)25-16-20-12-8-15-27-21(20)19-10-6-5-7-11-19;/h5-7,10-11,18,20-21H,4,8-9,12-17H2,1-3H3,(H2,23,24,25);1H. The highest BCUT2D eigenvalue weighted by molar-refractivity contribution is 14.0. The maximum absolute atomic E-state index is 6.09. The Morgan fingerprint density at radius 1 is 1.25 bits per heavy atom. The van der Waals surface area contributed by atoms with E-state index in [-0.39, 0.29) is 30.1 Å². The number of halogens is 1. The van der Waals surface area contributed by atoms with Gasteiger partial charge in [-0.1, -0.05) is 44.2 Å². The third-order valence-electron chi connectivity index (χ3n) is 4.61. The smallest absolute Gasteiger partial charge is 0.191 e. The molecule has 1 aromatic carbocycles. The first-order valence-corrected chi connectivity index (χ1v) is 10.5. The molecule has 1 aliphatic rings. The molecule has 1 saturated heterocycles. The zero-order valence-corrected chi connectivity index (χ0v) is 20.0. The third kappa shape index (κ3) is 9.56. The molecule has 6 heteroatoms. The summed E-state index contributed by atoms with van der Waals surface area (Å²) in [6.07, 6.45) is 3.40. The van der Waals surface area contributed by atoms with Gasteiger partial charge in [0.15, 0.2) is 5.96 Å². The summed E-state index contributed by atoms with van der Waals surface area (Å²) >= 11 is 0. The van der Waals surface area contributed by atoms with Crippen LogP contribution in [0.5, 0.6) is 0 Å². The molecule has 0 aromatic heterocycles. The van der Waals surface area contributed by atoms with Crippen molar-refractivity contribution in [3.63, 3.8) is 0 Å². The predicted molar refractivity (Wildman–Crippen MR) is 128 cm³/mol. The second-order valence-electron chi connectivity index (χ2n) is 7.57. The minimum absolute atomic E-state index is 0. The van der Waals surface area contributed by atoms with E-state index in [1.165, 1.54) is 5.56 Å². The van der Waals surface area contributed by atoms with Crippen molar-refractivity contribution in [3.8, 4) is 0 Å². The number of nitrogens with one attached hydrogen (secondary N) is 2. The summed E-state index contributed by atoms with van der Waals surface area (Å²) in [5, 5.41) is 6.76. The van der Waals surface area contributed by atoms with Gasteiger partial charge >= 0.3 is 0 Å². The van der Waals surface area contributed by atoms with Crippen molar-refractivity contribution in [2.75, 3.05) is 39.5 Å². The van der Waals surface area contributed by atoms with Gasteiger partial charge in [-0.15, -0.1) is 24.0 Å². The van der Waals surface area contributed by atoms with Crippen LogP contribution in [0, 0.1) is 11.8 Å². The Labute approximate surface area is 188 Å². The van der Waals surface area contributed by atoms with Crippen LogP contribution in [0.1, 0.15) is 51.7 Å². The van der Waals surface area contributed by atoms with Gasteiger partial charge in [0.25, 0.3) is 0 Å². The molecule has 160 valence electrons. The van der Waals surface area contributed by atoms with E-state index in [1.807, 2.05) is 0 Å². The number of hydrogen-bond donors (Lipinski definition) is 2. The second kappa shape index (κ2) is 15.0. The van der Waals surface area contributed by atoms with E-state index < -0.39 is 0 Å². The number of hydrogen-bond acceptors (Lipinski definition) is 3. The molecule has 2 unspecified atom stereocenters. The van der Waals surface area contributed by atoms with Gasteiger partial charge in [-0.05, 0) is 37.7 Å². The largest absolute Gasteiger partial charge is 0.381 e. The maximum atomic E-state index is 6.09. The lowest BCUT2D eigenvalue weighted by molar-refractivity contribution is -0.0250. The highest BCUT2D eigenvalue weighted by Crippen LogP contribution is 2.33. The van der Waals surface area contributed by atoms with Gasteiger partial charge in [0.1, 0.15) is 0 Å². The molecule has 0 radical (unpaired) electrons. The first-order chi connectivity index (χ1) is 13.2. The predicted octanol–water partition coefficient (Wildman–Crippen LogP) is 4.39. The minimum Gasteiger partial charge on any atom is -0.381 e. The zero-order valence-electron chi connectivity index (χ0n) is 17.7. The number of aliphatic imine (C=N–C) groups is 1. The number of nitrogens with zero attached hydrogens (tertiary/aromatic N) is 1. The molecule has 1 aromatic rings. The minimum atomic E-state index is 0. The van der Waals surface area contributed by atoms with Crippen LogP contribution >= 0.6 is 24.0 Å². The van der Waals surface area contributed by atoms with E-state index >= 15 is 0 Å². The first kappa shape index (κ1) is 25.2. The zero-order chi connectivity index (χ0) is 19.3. The molecule has 1 fully saturated rings. The van der Waals surface area contributed by atoms with Crippen LogP contribution in [0.3, 0.4) is 0 Å². The summed E-state index contributed by atoms with van der Waals surface area (Å²) in [6, 6.07) is 10.5. The van der Waals surface area contributed by atoms with Gasteiger partial charge in [-0.3, -0.25) is 4.99 Å². The molecule has 1 heterocycles. The third-order valence-corrected chi connectivity index (χ3v) is 4.61. The molecule has 1 aliphatic heterocycles. The summed E-state index contributed by atoms with van der Waals surface area (Å²) in [7, 11) is 0. The van der Waals surface area contributed by atoms with Gasteiger partial charge in [0, 0.05) is 45.4 Å². The number of rotatable bonds is 10. The monoisotopic (exact) mass is 503 g/mol. The van der Waals surface area contributed by atoms with Crippen LogP contribution in [-0.2, 0) is 9.47 Å². The molecule has 2 rings (SSSR count). The fourth-order valence-electron chi connectivity index (χ4n) is 3.29. The molecule has 5 nitrogen and oxygen atoms in total. The lowest BCUT2D eigenvalue weighted by Crippen LogP contribution is -2.39. The van der Waals surface area contributed by atoms with Crippen LogP contribution < -0.4 is 10.6 Å². The summed E-state index contributed by atoms with van der Waals surface area (Å²) in [5.41, 5.74) is 1.26. The SMILES string of the molecule is CCNC(=NCC1CCCOC1c1ccccc1)NCCCOCC(C)C.I. The average Bonchev–Trinajstić information content (AvgIpc) is 2.69. The molecular weight excluding hydrogens is 465 g/mol. The quantitative estimate of drug-likeness (QED) is 0.215. The number of guanidine groups is 1. The Hall–Kier alpha value is -0.860. The fraction of sp³-hybridized carbons (Fsp3) is 0.682. The van der Waals surface area contributed by atoms with E-state index in [9.17, 15) is 0 Å². The fourth-order valence-corrected chi connectivity index (χ4v) is 3.29. The highest BCUT2D eigenvalue weighted by Gasteiger charge is 2.27. The molecule has 28 heavy (non-hydrogen) atoms. The molecule has 2 atom stereocenters. The Morgan fingerprint density at radius 2 is 2.04 bits per heavy atom. The van der Waals surface area contributed by atoms with Crippen LogP contribution in [-0.4, -0.2) is 45.4 Å². The Kier molecular flexibility index (Phi) is 13.5. The van der Waals surface area contributed by atoms with Crippen molar-refractivity contribution < 1.29 is 9.47 Å². The summed E-state index contributed by atoms with van der Waals surface area (Å²) < 4.78 is 11.7. The average molecular weight is 503 g/mol. The van der Waals surface area contributed by atoms with Crippen molar-refractivity contribution >= 4 is 29.9 Å². The van der Waals surface area contributed by atoms with Crippen LogP contribution in [0.4, 0.5) is 0 Å². The topological polar surface area (TPSA) is 54.9 Å². The van der Waals surface area contributed by atoms with Gasteiger partial charge in [-0.2, -0.15) is 0 Å². The Morgan fingerprint density at radius 3 is 2.75 bits per heavy atom. The molecule has 0 bridgehead atoms. The van der Waals surface area contributed by atoms with Gasteiger partial charge < -0.3 is 20.1 Å². The molecule has 2 N–H and O–H groups in total.